The van der Waals surface area contributed by atoms with E-state index in [0.29, 0.717) is 6.04 Å². The molecule has 0 aromatic heterocycles. The second-order valence-electron chi connectivity index (χ2n) is 6.73. The van der Waals surface area contributed by atoms with E-state index in [9.17, 15) is 5.26 Å². The van der Waals surface area contributed by atoms with Crippen molar-refractivity contribution in [2.45, 2.75) is 51.5 Å². The molecule has 4 nitrogen and oxygen atoms in total. The van der Waals surface area contributed by atoms with Crippen molar-refractivity contribution in [1.82, 2.24) is 9.80 Å². The first-order valence-electron chi connectivity index (χ1n) is 8.75. The zero-order chi connectivity index (χ0) is 15.1. The molecule has 2 rings (SSSR count). The summed E-state index contributed by atoms with van der Waals surface area (Å²) in [6, 6.07) is 3.04. The minimum atomic E-state index is 0.225. The average Bonchev–Trinajstić information content (AvgIpc) is 2.73. The predicted molar refractivity (Wildman–Crippen MR) is 84.9 cm³/mol. The van der Waals surface area contributed by atoms with Gasteiger partial charge in [0.15, 0.2) is 0 Å². The first-order valence-corrected chi connectivity index (χ1v) is 8.75. The Morgan fingerprint density at radius 3 is 2.76 bits per heavy atom. The number of nitrogens with zero attached hydrogens (tertiary/aromatic N) is 3. The standard InChI is InChI=1S/C17H31N3O/c1-2-4-15-5-6-16(14-18)17(13-15)20-8-3-7-19(9-10-20)11-12-21/h15-17,21H,2-13H2,1H3. The first kappa shape index (κ1) is 16.7. The largest absolute Gasteiger partial charge is 0.395 e. The van der Waals surface area contributed by atoms with Crippen molar-refractivity contribution in [1.29, 1.82) is 5.26 Å². The molecule has 0 bridgehead atoms. The quantitative estimate of drug-likeness (QED) is 0.843. The van der Waals surface area contributed by atoms with E-state index in [1.807, 2.05) is 0 Å². The molecule has 1 saturated carbocycles. The average molecular weight is 293 g/mol. The summed E-state index contributed by atoms with van der Waals surface area (Å²) >= 11 is 0. The summed E-state index contributed by atoms with van der Waals surface area (Å²) in [5.74, 6) is 1.05. The zero-order valence-electron chi connectivity index (χ0n) is 13.5. The van der Waals surface area contributed by atoms with Crippen LogP contribution >= 0.6 is 0 Å². The highest BCUT2D eigenvalue weighted by Gasteiger charge is 2.34. The Labute approximate surface area is 129 Å². The molecule has 1 saturated heterocycles. The van der Waals surface area contributed by atoms with Crippen LogP contribution in [0.2, 0.25) is 0 Å². The molecule has 1 aliphatic carbocycles. The molecular formula is C17H31N3O. The summed E-state index contributed by atoms with van der Waals surface area (Å²) in [5, 5.41) is 18.6. The molecule has 3 unspecified atom stereocenters. The van der Waals surface area contributed by atoms with Crippen LogP contribution in [0.25, 0.3) is 0 Å². The van der Waals surface area contributed by atoms with E-state index in [0.717, 1.165) is 51.5 Å². The van der Waals surface area contributed by atoms with E-state index in [1.165, 1.54) is 25.7 Å². The van der Waals surface area contributed by atoms with Gasteiger partial charge in [-0.15, -0.1) is 0 Å². The maximum atomic E-state index is 9.49. The maximum absolute atomic E-state index is 9.49. The number of hydrogen-bond acceptors (Lipinski definition) is 4. The number of rotatable bonds is 5. The van der Waals surface area contributed by atoms with Crippen LogP contribution in [-0.2, 0) is 0 Å². The van der Waals surface area contributed by atoms with E-state index in [-0.39, 0.29) is 12.5 Å². The summed E-state index contributed by atoms with van der Waals surface area (Å²) in [6.45, 7) is 7.60. The lowest BCUT2D eigenvalue weighted by Gasteiger charge is -2.40. The lowest BCUT2D eigenvalue weighted by atomic mass is 9.76. The van der Waals surface area contributed by atoms with Gasteiger partial charge in [0.1, 0.15) is 0 Å². The fraction of sp³-hybridized carbons (Fsp3) is 0.941. The Balaban J connectivity index is 1.94. The van der Waals surface area contributed by atoms with Crippen LogP contribution in [-0.4, -0.2) is 60.3 Å². The molecule has 21 heavy (non-hydrogen) atoms. The molecule has 4 heteroatoms. The Kier molecular flexibility index (Phi) is 6.95. The van der Waals surface area contributed by atoms with Gasteiger partial charge in [0.2, 0.25) is 0 Å². The van der Waals surface area contributed by atoms with Crippen molar-refractivity contribution in [3.63, 3.8) is 0 Å². The van der Waals surface area contributed by atoms with Crippen molar-refractivity contribution in [3.8, 4) is 6.07 Å². The van der Waals surface area contributed by atoms with Gasteiger partial charge in [0.25, 0.3) is 0 Å². The molecule has 0 aromatic carbocycles. The van der Waals surface area contributed by atoms with Gasteiger partial charge in [-0.05, 0) is 44.7 Å². The van der Waals surface area contributed by atoms with Gasteiger partial charge in [-0.2, -0.15) is 5.26 Å². The molecule has 1 heterocycles. The van der Waals surface area contributed by atoms with E-state index < -0.39 is 0 Å². The Bertz CT molecular complexity index is 341. The third-order valence-electron chi connectivity index (χ3n) is 5.30. The monoisotopic (exact) mass is 293 g/mol. The summed E-state index contributed by atoms with van der Waals surface area (Å²) in [7, 11) is 0. The summed E-state index contributed by atoms with van der Waals surface area (Å²) in [5.41, 5.74) is 0. The third-order valence-corrected chi connectivity index (χ3v) is 5.30. The highest BCUT2D eigenvalue weighted by atomic mass is 16.3. The number of aliphatic hydroxyl groups excluding tert-OH is 1. The molecule has 0 spiro atoms. The number of hydrogen-bond donors (Lipinski definition) is 1. The predicted octanol–water partition coefficient (Wildman–Crippen LogP) is 2.09. The Morgan fingerprint density at radius 1 is 1.19 bits per heavy atom. The molecule has 0 radical (unpaired) electrons. The van der Waals surface area contributed by atoms with E-state index in [1.54, 1.807) is 0 Å². The second-order valence-corrected chi connectivity index (χ2v) is 6.73. The molecule has 1 aliphatic heterocycles. The molecule has 0 aromatic rings. The molecule has 3 atom stereocenters. The van der Waals surface area contributed by atoms with Gasteiger partial charge in [-0.1, -0.05) is 19.8 Å². The van der Waals surface area contributed by atoms with Crippen LogP contribution < -0.4 is 0 Å². The van der Waals surface area contributed by atoms with Gasteiger partial charge in [-0.3, -0.25) is 9.80 Å². The van der Waals surface area contributed by atoms with Crippen LogP contribution in [0.4, 0.5) is 0 Å². The van der Waals surface area contributed by atoms with Crippen LogP contribution in [0, 0.1) is 23.2 Å². The fourth-order valence-corrected chi connectivity index (χ4v) is 4.14. The second kappa shape index (κ2) is 8.73. The maximum Gasteiger partial charge on any atom is 0.0672 e. The van der Waals surface area contributed by atoms with Gasteiger partial charge in [-0.25, -0.2) is 0 Å². The van der Waals surface area contributed by atoms with Crippen molar-refractivity contribution in [2.24, 2.45) is 11.8 Å². The van der Waals surface area contributed by atoms with E-state index >= 15 is 0 Å². The van der Waals surface area contributed by atoms with Crippen LogP contribution in [0.15, 0.2) is 0 Å². The normalized spacial score (nSPS) is 32.5. The number of aliphatic hydroxyl groups is 1. The minimum absolute atomic E-state index is 0.225. The van der Waals surface area contributed by atoms with Crippen LogP contribution in [0.3, 0.4) is 0 Å². The molecular weight excluding hydrogens is 262 g/mol. The topological polar surface area (TPSA) is 50.5 Å². The highest BCUT2D eigenvalue weighted by Crippen LogP contribution is 2.34. The van der Waals surface area contributed by atoms with Gasteiger partial charge < -0.3 is 5.11 Å². The Hall–Kier alpha value is -0.630. The lowest BCUT2D eigenvalue weighted by Crippen LogP contribution is -2.45. The number of nitriles is 1. The summed E-state index contributed by atoms with van der Waals surface area (Å²) in [6.07, 6.45) is 7.28. The highest BCUT2D eigenvalue weighted by molar-refractivity contribution is 4.98. The smallest absolute Gasteiger partial charge is 0.0672 e. The fourth-order valence-electron chi connectivity index (χ4n) is 4.14. The van der Waals surface area contributed by atoms with E-state index in [2.05, 4.69) is 22.8 Å². The number of β-amino-alcohol motifs (C(OH)–C–C–N with tert-alkyl or cyclic N) is 1. The molecule has 2 fully saturated rings. The first-order chi connectivity index (χ1) is 10.3. The van der Waals surface area contributed by atoms with Crippen LogP contribution in [0.1, 0.15) is 45.4 Å². The molecule has 1 N–H and O–H groups in total. The molecule has 2 aliphatic rings. The lowest BCUT2D eigenvalue weighted by molar-refractivity contribution is 0.0995. The molecule has 0 amide bonds. The van der Waals surface area contributed by atoms with Gasteiger partial charge in [0, 0.05) is 25.7 Å². The SMILES string of the molecule is CCCC1CCC(C#N)C(N2CCCN(CCO)CC2)C1. The Morgan fingerprint density at radius 2 is 2.05 bits per heavy atom. The van der Waals surface area contributed by atoms with E-state index in [4.69, 9.17) is 5.11 Å². The van der Waals surface area contributed by atoms with Crippen molar-refractivity contribution >= 4 is 0 Å². The summed E-state index contributed by atoms with van der Waals surface area (Å²) < 4.78 is 0. The van der Waals surface area contributed by atoms with Crippen LogP contribution in [0.5, 0.6) is 0 Å². The van der Waals surface area contributed by atoms with Gasteiger partial charge >= 0.3 is 0 Å². The van der Waals surface area contributed by atoms with Crippen molar-refractivity contribution in [2.75, 3.05) is 39.3 Å². The summed E-state index contributed by atoms with van der Waals surface area (Å²) in [4.78, 5) is 4.93. The zero-order valence-corrected chi connectivity index (χ0v) is 13.5. The van der Waals surface area contributed by atoms with Crippen molar-refractivity contribution in [3.05, 3.63) is 0 Å². The molecule has 120 valence electrons. The minimum Gasteiger partial charge on any atom is -0.395 e. The van der Waals surface area contributed by atoms with Crippen molar-refractivity contribution < 1.29 is 5.11 Å². The third kappa shape index (κ3) is 4.67. The van der Waals surface area contributed by atoms with Gasteiger partial charge in [0.05, 0.1) is 18.6 Å².